The number of rotatable bonds is 9. The van der Waals surface area contributed by atoms with Gasteiger partial charge < -0.3 is 68.9 Å². The molecule has 2 aromatic carbocycles. The maximum absolute atomic E-state index is 13.8. The fourth-order valence-corrected chi connectivity index (χ4v) is 5.44. The van der Waals surface area contributed by atoms with Crippen LogP contribution in [0.4, 0.5) is 0 Å². The van der Waals surface area contributed by atoms with Crippen molar-refractivity contribution >= 4 is 5.78 Å². The molecule has 2 saturated heterocycles. The molecule has 3 aliphatic rings. The van der Waals surface area contributed by atoms with Crippen molar-refractivity contribution in [3.05, 3.63) is 47.5 Å². The van der Waals surface area contributed by atoms with Gasteiger partial charge in [-0.25, -0.2) is 0 Å². The SMILES string of the molecule is COc1ccc(C[C@@]2(O)COc3cc(OC)cc(O[C@@H]4O[C@@H](CO[C@@H]5O[C@@H](C)[C@H](O)[C@H](O)[C@H]5O)[C@H](O)[C@H](O)[C@@H]4O)c3C2=O)cc1. The van der Waals surface area contributed by atoms with E-state index in [1.807, 2.05) is 0 Å². The molecule has 0 bridgehead atoms. The van der Waals surface area contributed by atoms with E-state index in [0.29, 0.717) is 11.3 Å². The summed E-state index contributed by atoms with van der Waals surface area (Å²) in [5, 5.41) is 73.6. The van der Waals surface area contributed by atoms with E-state index in [-0.39, 0.29) is 35.8 Å². The number of aliphatic hydroxyl groups is 7. The van der Waals surface area contributed by atoms with Gasteiger partial charge in [0.05, 0.1) is 26.9 Å². The minimum absolute atomic E-state index is 0.0396. The Kier molecular flexibility index (Phi) is 9.86. The van der Waals surface area contributed by atoms with E-state index < -0.39 is 79.4 Å². The van der Waals surface area contributed by atoms with Crippen LogP contribution >= 0.6 is 0 Å². The summed E-state index contributed by atoms with van der Waals surface area (Å²) in [6, 6.07) is 9.53. The third-order valence-corrected chi connectivity index (χ3v) is 8.19. The molecule has 0 unspecified atom stereocenters. The Labute approximate surface area is 258 Å². The number of ether oxygens (including phenoxy) is 7. The van der Waals surface area contributed by atoms with Gasteiger partial charge in [0.1, 0.15) is 77.9 Å². The molecule has 0 radical (unpaired) electrons. The summed E-state index contributed by atoms with van der Waals surface area (Å²) in [5.74, 6) is -0.0904. The maximum Gasteiger partial charge on any atom is 0.229 e. The zero-order valence-electron chi connectivity index (χ0n) is 24.8. The normalized spacial score (nSPS) is 36.5. The number of aliphatic hydroxyl groups excluding tert-OH is 6. The molecule has 7 N–H and O–H groups in total. The fraction of sp³-hybridized carbons (Fsp3) is 0.567. The number of carbonyl (C=O) groups excluding carboxylic acids is 1. The van der Waals surface area contributed by atoms with Crippen LogP contribution in [0.15, 0.2) is 36.4 Å². The molecule has 0 spiro atoms. The van der Waals surface area contributed by atoms with Crippen LogP contribution in [0.1, 0.15) is 22.8 Å². The zero-order chi connectivity index (χ0) is 32.6. The summed E-state index contributed by atoms with van der Waals surface area (Å²) in [6.45, 7) is 0.579. The largest absolute Gasteiger partial charge is 0.497 e. The summed E-state index contributed by atoms with van der Waals surface area (Å²) < 4.78 is 38.8. The first-order chi connectivity index (χ1) is 21.4. The van der Waals surface area contributed by atoms with Crippen LogP contribution in [0.2, 0.25) is 0 Å². The van der Waals surface area contributed by atoms with Crippen molar-refractivity contribution in [2.45, 2.75) is 80.4 Å². The van der Waals surface area contributed by atoms with Crippen LogP contribution in [0, 0.1) is 0 Å². The van der Waals surface area contributed by atoms with Gasteiger partial charge in [-0.2, -0.15) is 0 Å². The monoisotopic (exact) mass is 638 g/mol. The van der Waals surface area contributed by atoms with Crippen LogP contribution in [-0.4, -0.2) is 136 Å². The van der Waals surface area contributed by atoms with Gasteiger partial charge in [0, 0.05) is 18.6 Å². The van der Waals surface area contributed by atoms with Crippen molar-refractivity contribution in [2.75, 3.05) is 27.4 Å². The first kappa shape index (κ1) is 33.3. The van der Waals surface area contributed by atoms with Crippen LogP contribution in [0.3, 0.4) is 0 Å². The number of hydrogen-bond acceptors (Lipinski definition) is 15. The van der Waals surface area contributed by atoms with Crippen LogP contribution < -0.4 is 18.9 Å². The summed E-state index contributed by atoms with van der Waals surface area (Å²) in [7, 11) is 2.89. The van der Waals surface area contributed by atoms with Gasteiger partial charge in [0.2, 0.25) is 12.1 Å². The van der Waals surface area contributed by atoms with Crippen LogP contribution in [-0.2, 0) is 20.6 Å². The van der Waals surface area contributed by atoms with Crippen LogP contribution in [0.25, 0.3) is 0 Å². The second-order valence-corrected chi connectivity index (χ2v) is 11.3. The molecule has 5 rings (SSSR count). The van der Waals surface area contributed by atoms with Crippen molar-refractivity contribution in [3.63, 3.8) is 0 Å². The molecule has 0 amide bonds. The molecule has 248 valence electrons. The minimum Gasteiger partial charge on any atom is -0.497 e. The quantitative estimate of drug-likeness (QED) is 0.162. The highest BCUT2D eigenvalue weighted by Gasteiger charge is 2.49. The molecule has 2 aromatic rings. The Balaban J connectivity index is 1.36. The van der Waals surface area contributed by atoms with Gasteiger partial charge in [0.15, 0.2) is 11.9 Å². The van der Waals surface area contributed by atoms with Crippen molar-refractivity contribution < 1.29 is 73.7 Å². The molecule has 2 fully saturated rings. The van der Waals surface area contributed by atoms with Crippen molar-refractivity contribution in [3.8, 4) is 23.0 Å². The number of benzene rings is 2. The number of Topliss-reactive ketones (excluding diaryl/α,β-unsaturated/α-hetero) is 1. The topological polar surface area (TPSA) is 223 Å². The maximum atomic E-state index is 13.8. The summed E-state index contributed by atoms with van der Waals surface area (Å²) in [5.41, 5.74) is -1.53. The lowest BCUT2D eigenvalue weighted by atomic mass is 9.85. The highest BCUT2D eigenvalue weighted by molar-refractivity contribution is 6.08. The third-order valence-electron chi connectivity index (χ3n) is 8.19. The average Bonchev–Trinajstić information content (AvgIpc) is 3.03. The number of methoxy groups -OCH3 is 2. The Hall–Kier alpha value is -3.09. The van der Waals surface area contributed by atoms with Crippen molar-refractivity contribution in [2.24, 2.45) is 0 Å². The van der Waals surface area contributed by atoms with Gasteiger partial charge in [-0.1, -0.05) is 12.1 Å². The fourth-order valence-electron chi connectivity index (χ4n) is 5.44. The highest BCUT2D eigenvalue weighted by Crippen LogP contribution is 2.42. The van der Waals surface area contributed by atoms with Gasteiger partial charge in [-0.05, 0) is 24.6 Å². The molecule has 15 heteroatoms. The van der Waals surface area contributed by atoms with E-state index in [1.54, 1.807) is 24.3 Å². The Morgan fingerprint density at radius 3 is 2.13 bits per heavy atom. The van der Waals surface area contributed by atoms with E-state index in [0.717, 1.165) is 0 Å². The lowest BCUT2D eigenvalue weighted by Gasteiger charge is -2.42. The summed E-state index contributed by atoms with van der Waals surface area (Å²) >= 11 is 0. The molecule has 45 heavy (non-hydrogen) atoms. The molecule has 3 heterocycles. The minimum atomic E-state index is -2.00. The number of hydrogen-bond donors (Lipinski definition) is 7. The Bertz CT molecular complexity index is 1340. The molecular weight excluding hydrogens is 600 g/mol. The van der Waals surface area contributed by atoms with Gasteiger partial charge >= 0.3 is 0 Å². The molecule has 0 aliphatic carbocycles. The Morgan fingerprint density at radius 2 is 1.47 bits per heavy atom. The molecule has 0 aromatic heterocycles. The first-order valence-electron chi connectivity index (χ1n) is 14.3. The third kappa shape index (κ3) is 6.59. The smallest absolute Gasteiger partial charge is 0.229 e. The first-order valence-corrected chi connectivity index (χ1v) is 14.3. The predicted molar refractivity (Wildman–Crippen MR) is 150 cm³/mol. The lowest BCUT2D eigenvalue weighted by Crippen LogP contribution is -2.61. The number of carbonyl (C=O) groups is 1. The molecule has 3 aliphatic heterocycles. The van der Waals surface area contributed by atoms with E-state index in [1.165, 1.54) is 33.3 Å². The Morgan fingerprint density at radius 1 is 0.822 bits per heavy atom. The predicted octanol–water partition coefficient (Wildman–Crippen LogP) is -1.72. The van der Waals surface area contributed by atoms with E-state index >= 15 is 0 Å². The number of ketones is 1. The average molecular weight is 639 g/mol. The second kappa shape index (κ2) is 13.3. The molecule has 15 nitrogen and oxygen atoms in total. The van der Waals surface area contributed by atoms with Crippen molar-refractivity contribution in [1.29, 1.82) is 0 Å². The zero-order valence-corrected chi connectivity index (χ0v) is 24.8. The summed E-state index contributed by atoms with van der Waals surface area (Å²) in [4.78, 5) is 13.8. The molecular formula is C30H38O15. The van der Waals surface area contributed by atoms with E-state index in [2.05, 4.69) is 0 Å². The number of fused-ring (bicyclic) bond motifs is 1. The van der Waals surface area contributed by atoms with Crippen molar-refractivity contribution in [1.82, 2.24) is 0 Å². The molecule has 0 saturated carbocycles. The van der Waals surface area contributed by atoms with Gasteiger partial charge in [-0.15, -0.1) is 0 Å². The van der Waals surface area contributed by atoms with Gasteiger partial charge in [-0.3, -0.25) is 4.79 Å². The van der Waals surface area contributed by atoms with Crippen LogP contribution in [0.5, 0.6) is 23.0 Å². The standard InChI is InChI=1S/C30H38O15/c1-13-21(31)23(33)25(35)28(43-13)41-11-19-22(32)24(34)26(36)29(45-19)44-18-9-16(40-3)8-17-20(18)27(37)30(38,12-42-17)10-14-4-6-15(39-2)7-5-14/h4-9,13,19,21-26,28-29,31-36,38H,10-12H2,1-3H3/t13-,19-,21-,22-,23-,24-,25+,26-,28+,29+,30+/m0/s1. The van der Waals surface area contributed by atoms with E-state index in [9.17, 15) is 40.5 Å². The molecule has 11 atom stereocenters. The highest BCUT2D eigenvalue weighted by atomic mass is 16.7. The van der Waals surface area contributed by atoms with E-state index in [4.69, 9.17) is 33.2 Å². The summed E-state index contributed by atoms with van der Waals surface area (Å²) in [6.07, 6.45) is -15.3. The van der Waals surface area contributed by atoms with Gasteiger partial charge in [0.25, 0.3) is 0 Å². The second-order valence-electron chi connectivity index (χ2n) is 11.3. The lowest BCUT2D eigenvalue weighted by molar-refractivity contribution is -0.318.